The third kappa shape index (κ3) is 4.78. The number of halogens is 1. The lowest BCUT2D eigenvalue weighted by molar-refractivity contribution is -0.00000548. The van der Waals surface area contributed by atoms with Gasteiger partial charge >= 0.3 is 0 Å². The monoisotopic (exact) mass is 334 g/mol. The molecule has 2 aromatic rings. The van der Waals surface area contributed by atoms with E-state index < -0.39 is 0 Å². The van der Waals surface area contributed by atoms with Gasteiger partial charge in [-0.3, -0.25) is 0 Å². The van der Waals surface area contributed by atoms with Gasteiger partial charge in [-0.05, 0) is 41.9 Å². The van der Waals surface area contributed by atoms with E-state index in [-0.39, 0.29) is 12.4 Å². The fourth-order valence-corrected chi connectivity index (χ4v) is 2.32. The lowest BCUT2D eigenvalue weighted by Crippen LogP contribution is -3.00. The summed E-state index contributed by atoms with van der Waals surface area (Å²) in [6.45, 7) is 5.70. The van der Waals surface area contributed by atoms with Gasteiger partial charge < -0.3 is 31.9 Å². The number of nitrogens with one attached hydrogen (secondary N) is 1. The van der Waals surface area contributed by atoms with Crippen LogP contribution in [0.3, 0.4) is 0 Å². The highest BCUT2D eigenvalue weighted by atomic mass is 35.5. The second kappa shape index (κ2) is 8.65. The van der Waals surface area contributed by atoms with Gasteiger partial charge in [-0.2, -0.15) is 0 Å². The molecule has 0 aliphatic carbocycles. The number of rotatable bonds is 6. The minimum absolute atomic E-state index is 0. The molecule has 1 aliphatic heterocycles. The molecule has 0 aromatic heterocycles. The maximum atomic E-state index is 5.83. The SMILES string of the molecule is CCNCc1ccc(OCc2ccc3c(c2)OCCO3)cc1.[Cl-]. The molecule has 0 spiro atoms. The number of hydrogen-bond acceptors (Lipinski definition) is 4. The molecule has 1 N–H and O–H groups in total. The van der Waals surface area contributed by atoms with Crippen molar-refractivity contribution < 1.29 is 26.6 Å². The van der Waals surface area contributed by atoms with Crippen LogP contribution in [-0.2, 0) is 13.2 Å². The van der Waals surface area contributed by atoms with E-state index in [9.17, 15) is 0 Å². The van der Waals surface area contributed by atoms with Gasteiger partial charge in [-0.25, -0.2) is 0 Å². The fraction of sp³-hybridized carbons (Fsp3) is 0.333. The zero-order chi connectivity index (χ0) is 15.2. The molecule has 0 saturated heterocycles. The molecule has 0 radical (unpaired) electrons. The number of benzene rings is 2. The molecule has 0 fully saturated rings. The van der Waals surface area contributed by atoms with Crippen LogP contribution in [0.4, 0.5) is 0 Å². The van der Waals surface area contributed by atoms with Gasteiger partial charge in [0.2, 0.25) is 0 Å². The third-order valence-electron chi connectivity index (χ3n) is 3.51. The zero-order valence-electron chi connectivity index (χ0n) is 13.2. The van der Waals surface area contributed by atoms with Gasteiger partial charge in [0, 0.05) is 6.54 Å². The first kappa shape index (κ1) is 17.4. The predicted molar refractivity (Wildman–Crippen MR) is 85.6 cm³/mol. The average Bonchev–Trinajstić information content (AvgIpc) is 2.59. The van der Waals surface area contributed by atoms with Crippen LogP contribution in [0.25, 0.3) is 0 Å². The van der Waals surface area contributed by atoms with Gasteiger partial charge in [-0.1, -0.05) is 25.1 Å². The second-order valence-electron chi connectivity index (χ2n) is 5.19. The molecule has 3 rings (SSSR count). The maximum absolute atomic E-state index is 5.83. The van der Waals surface area contributed by atoms with Crippen molar-refractivity contribution in [3.63, 3.8) is 0 Å². The first-order chi connectivity index (χ1) is 10.8. The molecule has 0 bridgehead atoms. The molecular weight excluding hydrogens is 314 g/mol. The largest absolute Gasteiger partial charge is 1.00 e. The molecule has 124 valence electrons. The molecule has 0 unspecified atom stereocenters. The summed E-state index contributed by atoms with van der Waals surface area (Å²) in [6.07, 6.45) is 0. The van der Waals surface area contributed by atoms with Crippen LogP contribution in [0.5, 0.6) is 17.2 Å². The molecule has 1 heterocycles. The van der Waals surface area contributed by atoms with Crippen molar-refractivity contribution in [1.29, 1.82) is 0 Å². The van der Waals surface area contributed by atoms with Crippen LogP contribution in [-0.4, -0.2) is 19.8 Å². The average molecular weight is 335 g/mol. The number of hydrogen-bond donors (Lipinski definition) is 1. The highest BCUT2D eigenvalue weighted by molar-refractivity contribution is 5.43. The highest BCUT2D eigenvalue weighted by Gasteiger charge is 2.11. The minimum atomic E-state index is 0. The Bertz CT molecular complexity index is 616. The first-order valence-corrected chi connectivity index (χ1v) is 7.66. The number of fused-ring (bicyclic) bond motifs is 1. The van der Waals surface area contributed by atoms with E-state index >= 15 is 0 Å². The van der Waals surface area contributed by atoms with Crippen molar-refractivity contribution in [2.45, 2.75) is 20.1 Å². The molecule has 1 aliphatic rings. The lowest BCUT2D eigenvalue weighted by atomic mass is 10.2. The Morgan fingerprint density at radius 1 is 0.957 bits per heavy atom. The summed E-state index contributed by atoms with van der Waals surface area (Å²) in [5, 5.41) is 3.30. The Morgan fingerprint density at radius 2 is 1.65 bits per heavy atom. The highest BCUT2D eigenvalue weighted by Crippen LogP contribution is 2.31. The van der Waals surface area contributed by atoms with Crippen LogP contribution < -0.4 is 31.9 Å². The van der Waals surface area contributed by atoms with Gasteiger partial charge in [0.1, 0.15) is 25.6 Å². The summed E-state index contributed by atoms with van der Waals surface area (Å²) in [7, 11) is 0. The van der Waals surface area contributed by atoms with Crippen LogP contribution in [0.2, 0.25) is 0 Å². The molecule has 2 aromatic carbocycles. The third-order valence-corrected chi connectivity index (χ3v) is 3.51. The minimum Gasteiger partial charge on any atom is -1.00 e. The molecule has 0 saturated carbocycles. The van der Waals surface area contributed by atoms with Crippen LogP contribution in [0.15, 0.2) is 42.5 Å². The van der Waals surface area contributed by atoms with Gasteiger partial charge in [0.15, 0.2) is 11.5 Å². The Labute approximate surface area is 143 Å². The Morgan fingerprint density at radius 3 is 2.39 bits per heavy atom. The summed E-state index contributed by atoms with van der Waals surface area (Å²) in [6, 6.07) is 14.1. The molecule has 0 amide bonds. The summed E-state index contributed by atoms with van der Waals surface area (Å²) >= 11 is 0. The quantitative estimate of drug-likeness (QED) is 0.816. The molecule has 23 heavy (non-hydrogen) atoms. The van der Waals surface area contributed by atoms with Crippen molar-refractivity contribution in [2.24, 2.45) is 0 Å². The summed E-state index contributed by atoms with van der Waals surface area (Å²) < 4.78 is 16.9. The summed E-state index contributed by atoms with van der Waals surface area (Å²) in [4.78, 5) is 0. The van der Waals surface area contributed by atoms with E-state index in [1.165, 1.54) is 5.56 Å². The number of ether oxygens (including phenoxy) is 3. The Hall–Kier alpha value is -1.91. The van der Waals surface area contributed by atoms with Crippen LogP contribution >= 0.6 is 0 Å². The summed E-state index contributed by atoms with van der Waals surface area (Å²) in [5.41, 5.74) is 2.33. The summed E-state index contributed by atoms with van der Waals surface area (Å²) in [5.74, 6) is 2.48. The van der Waals surface area contributed by atoms with Crippen LogP contribution in [0, 0.1) is 0 Å². The lowest BCUT2D eigenvalue weighted by Gasteiger charge is -2.19. The van der Waals surface area contributed by atoms with Crippen molar-refractivity contribution in [1.82, 2.24) is 5.32 Å². The van der Waals surface area contributed by atoms with E-state index in [2.05, 4.69) is 24.4 Å². The fourth-order valence-electron chi connectivity index (χ4n) is 2.32. The van der Waals surface area contributed by atoms with E-state index in [4.69, 9.17) is 14.2 Å². The van der Waals surface area contributed by atoms with Crippen LogP contribution in [0.1, 0.15) is 18.1 Å². The van der Waals surface area contributed by atoms with Gasteiger partial charge in [0.05, 0.1) is 0 Å². The predicted octanol–water partition coefficient (Wildman–Crippen LogP) is 0.150. The smallest absolute Gasteiger partial charge is 0.161 e. The normalized spacial score (nSPS) is 12.4. The van der Waals surface area contributed by atoms with E-state index in [0.29, 0.717) is 19.8 Å². The molecular formula is C18H21ClNO3-. The standard InChI is InChI=1S/C18H21NO3.ClH/c1-2-19-12-14-3-6-16(7-4-14)22-13-15-5-8-17-18(11-15)21-10-9-20-17;/h3-8,11,19H,2,9-10,12-13H2,1H3;1H/p-1. The zero-order valence-corrected chi connectivity index (χ0v) is 13.9. The van der Waals surface area contributed by atoms with E-state index in [1.807, 2.05) is 30.3 Å². The van der Waals surface area contributed by atoms with Crippen molar-refractivity contribution in [3.05, 3.63) is 53.6 Å². The Balaban J connectivity index is 0.00000192. The van der Waals surface area contributed by atoms with Crippen molar-refractivity contribution in [3.8, 4) is 17.2 Å². The van der Waals surface area contributed by atoms with Crippen molar-refractivity contribution >= 4 is 0 Å². The second-order valence-corrected chi connectivity index (χ2v) is 5.19. The molecule has 5 heteroatoms. The van der Waals surface area contributed by atoms with Gasteiger partial charge in [0.25, 0.3) is 0 Å². The topological polar surface area (TPSA) is 39.7 Å². The molecule has 0 atom stereocenters. The Kier molecular flexibility index (Phi) is 6.56. The van der Waals surface area contributed by atoms with Gasteiger partial charge in [-0.15, -0.1) is 0 Å². The first-order valence-electron chi connectivity index (χ1n) is 7.66. The van der Waals surface area contributed by atoms with Crippen molar-refractivity contribution in [2.75, 3.05) is 19.8 Å². The van der Waals surface area contributed by atoms with E-state index in [0.717, 1.165) is 35.9 Å². The van der Waals surface area contributed by atoms with E-state index in [1.54, 1.807) is 0 Å². The maximum Gasteiger partial charge on any atom is 0.161 e. The molecule has 4 nitrogen and oxygen atoms in total.